The predicted molar refractivity (Wildman–Crippen MR) is 71.0 cm³/mol. The average molecular weight is 351 g/mol. The van der Waals surface area contributed by atoms with E-state index < -0.39 is 12.1 Å². The summed E-state index contributed by atoms with van der Waals surface area (Å²) >= 11 is 3.27. The van der Waals surface area contributed by atoms with E-state index in [1.807, 2.05) is 0 Å². The van der Waals surface area contributed by atoms with Crippen LogP contribution in [0, 0.1) is 5.92 Å². The van der Waals surface area contributed by atoms with Gasteiger partial charge in [0.1, 0.15) is 0 Å². The van der Waals surface area contributed by atoms with Gasteiger partial charge in [0.25, 0.3) is 0 Å². The smallest absolute Gasteiger partial charge is 0.342 e. The second-order valence-corrected chi connectivity index (χ2v) is 5.80. The van der Waals surface area contributed by atoms with Gasteiger partial charge in [0.05, 0.1) is 12.3 Å². The van der Waals surface area contributed by atoms with Crippen molar-refractivity contribution < 1.29 is 18.0 Å². The van der Waals surface area contributed by atoms with Crippen molar-refractivity contribution in [3.8, 4) is 0 Å². The molecule has 1 fully saturated rings. The predicted octanol–water partition coefficient (Wildman–Crippen LogP) is 3.19. The van der Waals surface area contributed by atoms with Crippen molar-refractivity contribution in [3.63, 3.8) is 0 Å². The van der Waals surface area contributed by atoms with Gasteiger partial charge in [-0.3, -0.25) is 9.78 Å². The van der Waals surface area contributed by atoms with Crippen LogP contribution >= 0.6 is 15.9 Å². The van der Waals surface area contributed by atoms with Crippen molar-refractivity contribution in [3.05, 3.63) is 28.5 Å². The number of rotatable bonds is 2. The third-order valence-electron chi connectivity index (χ3n) is 3.43. The summed E-state index contributed by atoms with van der Waals surface area (Å²) < 4.78 is 38.4. The molecule has 0 N–H and O–H groups in total. The molecule has 20 heavy (non-hydrogen) atoms. The second kappa shape index (κ2) is 6.11. The standard InChI is InChI=1S/C13H14BrF3N2O/c14-11-5-9(7-18-8-11)6-12(20)19-3-1-10(2-4-19)13(15,16)17/h5,7-8,10H,1-4,6H2. The van der Waals surface area contributed by atoms with E-state index in [1.54, 1.807) is 18.5 Å². The van der Waals surface area contributed by atoms with Crippen molar-refractivity contribution in [2.75, 3.05) is 13.1 Å². The Morgan fingerprint density at radius 3 is 2.55 bits per heavy atom. The average Bonchev–Trinajstić information content (AvgIpc) is 2.38. The van der Waals surface area contributed by atoms with Crippen molar-refractivity contribution in [1.29, 1.82) is 0 Å². The Hall–Kier alpha value is -1.11. The molecule has 0 radical (unpaired) electrons. The number of carbonyl (C=O) groups excluding carboxylic acids is 1. The van der Waals surface area contributed by atoms with Crippen LogP contribution in [0.1, 0.15) is 18.4 Å². The van der Waals surface area contributed by atoms with Gasteiger partial charge in [-0.2, -0.15) is 13.2 Å². The molecule has 3 nitrogen and oxygen atoms in total. The normalized spacial score (nSPS) is 17.3. The van der Waals surface area contributed by atoms with E-state index in [2.05, 4.69) is 20.9 Å². The summed E-state index contributed by atoms with van der Waals surface area (Å²) in [5, 5.41) is 0. The summed E-state index contributed by atoms with van der Waals surface area (Å²) in [6.07, 6.45) is -0.793. The zero-order valence-electron chi connectivity index (χ0n) is 10.7. The number of aromatic nitrogens is 1. The van der Waals surface area contributed by atoms with Crippen LogP contribution in [0.25, 0.3) is 0 Å². The van der Waals surface area contributed by atoms with Crippen LogP contribution in [0.2, 0.25) is 0 Å². The lowest BCUT2D eigenvalue weighted by Crippen LogP contribution is -2.42. The molecule has 0 spiro atoms. The zero-order valence-corrected chi connectivity index (χ0v) is 12.2. The molecule has 0 aliphatic carbocycles. The van der Waals surface area contributed by atoms with Gasteiger partial charge in [-0.05, 0) is 40.4 Å². The number of piperidine rings is 1. The molecule has 1 aromatic heterocycles. The van der Waals surface area contributed by atoms with Gasteiger partial charge >= 0.3 is 6.18 Å². The third kappa shape index (κ3) is 3.94. The van der Waals surface area contributed by atoms with Crippen molar-refractivity contribution >= 4 is 21.8 Å². The lowest BCUT2D eigenvalue weighted by atomic mass is 9.96. The maximum atomic E-state index is 12.5. The van der Waals surface area contributed by atoms with E-state index in [-0.39, 0.29) is 38.3 Å². The highest BCUT2D eigenvalue weighted by atomic mass is 79.9. The van der Waals surface area contributed by atoms with Gasteiger partial charge in [-0.25, -0.2) is 0 Å². The summed E-state index contributed by atoms with van der Waals surface area (Å²) in [5.74, 6) is -1.43. The van der Waals surface area contributed by atoms with E-state index >= 15 is 0 Å². The van der Waals surface area contributed by atoms with Gasteiger partial charge in [0.15, 0.2) is 0 Å². The molecule has 1 aromatic rings. The number of alkyl halides is 3. The largest absolute Gasteiger partial charge is 0.391 e. The Morgan fingerprint density at radius 1 is 1.35 bits per heavy atom. The molecule has 1 saturated heterocycles. The van der Waals surface area contributed by atoms with E-state index in [9.17, 15) is 18.0 Å². The molecule has 1 aliphatic rings. The minimum Gasteiger partial charge on any atom is -0.342 e. The van der Waals surface area contributed by atoms with Crippen LogP contribution in [0.5, 0.6) is 0 Å². The van der Waals surface area contributed by atoms with Gasteiger partial charge in [-0.15, -0.1) is 0 Å². The Balaban J connectivity index is 1.89. The Bertz CT molecular complexity index is 485. The molecule has 1 aliphatic heterocycles. The first kappa shape index (κ1) is 15.3. The van der Waals surface area contributed by atoms with Crippen LogP contribution < -0.4 is 0 Å². The van der Waals surface area contributed by atoms with Crippen molar-refractivity contribution in [2.45, 2.75) is 25.4 Å². The maximum absolute atomic E-state index is 12.5. The zero-order chi connectivity index (χ0) is 14.8. The first-order valence-corrected chi connectivity index (χ1v) is 7.09. The molecule has 0 aromatic carbocycles. The second-order valence-electron chi connectivity index (χ2n) is 4.88. The molecular weight excluding hydrogens is 337 g/mol. The monoisotopic (exact) mass is 350 g/mol. The van der Waals surface area contributed by atoms with Gasteiger partial charge in [0, 0.05) is 30.0 Å². The fourth-order valence-corrected chi connectivity index (χ4v) is 2.71. The molecule has 0 atom stereocenters. The Kier molecular flexibility index (Phi) is 4.67. The van der Waals surface area contributed by atoms with E-state index in [4.69, 9.17) is 0 Å². The number of halogens is 4. The number of nitrogens with zero attached hydrogens (tertiary/aromatic N) is 2. The molecule has 0 bridgehead atoms. The summed E-state index contributed by atoms with van der Waals surface area (Å²) in [5.41, 5.74) is 0.752. The topological polar surface area (TPSA) is 33.2 Å². The quantitative estimate of drug-likeness (QED) is 0.820. The van der Waals surface area contributed by atoms with Gasteiger partial charge in [0.2, 0.25) is 5.91 Å². The molecule has 0 unspecified atom stereocenters. The van der Waals surface area contributed by atoms with Crippen LogP contribution in [-0.2, 0) is 11.2 Å². The highest BCUT2D eigenvalue weighted by Gasteiger charge is 2.41. The summed E-state index contributed by atoms with van der Waals surface area (Å²) in [6, 6.07) is 1.79. The van der Waals surface area contributed by atoms with Crippen LogP contribution in [0.3, 0.4) is 0 Å². The highest BCUT2D eigenvalue weighted by Crippen LogP contribution is 2.34. The summed E-state index contributed by atoms with van der Waals surface area (Å²) in [6.45, 7) is 0.342. The lowest BCUT2D eigenvalue weighted by Gasteiger charge is -2.33. The molecule has 7 heteroatoms. The van der Waals surface area contributed by atoms with E-state index in [0.717, 1.165) is 10.0 Å². The molecular formula is C13H14BrF3N2O. The number of likely N-dealkylation sites (tertiary alicyclic amines) is 1. The Morgan fingerprint density at radius 2 is 2.00 bits per heavy atom. The summed E-state index contributed by atoms with van der Waals surface area (Å²) in [4.78, 5) is 17.5. The van der Waals surface area contributed by atoms with Crippen LogP contribution in [-0.4, -0.2) is 35.1 Å². The lowest BCUT2D eigenvalue weighted by molar-refractivity contribution is -0.186. The number of amides is 1. The molecule has 2 heterocycles. The highest BCUT2D eigenvalue weighted by molar-refractivity contribution is 9.10. The fraction of sp³-hybridized carbons (Fsp3) is 0.538. The van der Waals surface area contributed by atoms with Crippen LogP contribution in [0.4, 0.5) is 13.2 Å². The summed E-state index contributed by atoms with van der Waals surface area (Å²) in [7, 11) is 0. The first-order valence-electron chi connectivity index (χ1n) is 6.30. The minimum absolute atomic E-state index is 0.00796. The molecule has 0 saturated carbocycles. The number of hydrogen-bond acceptors (Lipinski definition) is 2. The molecule has 110 valence electrons. The first-order chi connectivity index (χ1) is 9.36. The van der Waals surface area contributed by atoms with E-state index in [0.29, 0.717) is 0 Å². The van der Waals surface area contributed by atoms with Crippen molar-refractivity contribution in [2.24, 2.45) is 5.92 Å². The maximum Gasteiger partial charge on any atom is 0.391 e. The fourth-order valence-electron chi connectivity index (χ4n) is 2.30. The molecule has 1 amide bonds. The van der Waals surface area contributed by atoms with Gasteiger partial charge < -0.3 is 4.90 Å². The van der Waals surface area contributed by atoms with Gasteiger partial charge in [-0.1, -0.05) is 0 Å². The number of pyridine rings is 1. The Labute approximate surface area is 123 Å². The number of carbonyl (C=O) groups is 1. The number of hydrogen-bond donors (Lipinski definition) is 0. The molecule has 2 rings (SSSR count). The van der Waals surface area contributed by atoms with Crippen molar-refractivity contribution in [1.82, 2.24) is 9.88 Å². The van der Waals surface area contributed by atoms with E-state index in [1.165, 1.54) is 4.90 Å². The SMILES string of the molecule is O=C(Cc1cncc(Br)c1)N1CCC(C(F)(F)F)CC1. The van der Waals surface area contributed by atoms with Crippen LogP contribution in [0.15, 0.2) is 22.9 Å². The minimum atomic E-state index is -4.15. The third-order valence-corrected chi connectivity index (χ3v) is 3.86.